The first-order chi connectivity index (χ1) is 17.0. The van der Waals surface area contributed by atoms with E-state index in [4.69, 9.17) is 9.47 Å². The lowest BCUT2D eigenvalue weighted by Gasteiger charge is -2.47. The quantitative estimate of drug-likeness (QED) is 0.641. The summed E-state index contributed by atoms with van der Waals surface area (Å²) in [5.74, 6) is 0.192. The van der Waals surface area contributed by atoms with E-state index in [0.717, 1.165) is 0 Å². The van der Waals surface area contributed by atoms with E-state index in [2.05, 4.69) is 10.6 Å². The summed E-state index contributed by atoms with van der Waals surface area (Å²) < 4.78 is 25.8. The maximum absolute atomic E-state index is 13.9. The number of hydrogen-bond donors (Lipinski definition) is 2. The lowest BCUT2D eigenvalue weighted by atomic mass is 9.80. The second-order valence-electron chi connectivity index (χ2n) is 11.0. The van der Waals surface area contributed by atoms with Gasteiger partial charge in [-0.1, -0.05) is 0 Å². The van der Waals surface area contributed by atoms with Crippen molar-refractivity contribution in [2.75, 3.05) is 33.2 Å². The lowest BCUT2D eigenvalue weighted by molar-refractivity contribution is -0.141. The van der Waals surface area contributed by atoms with E-state index in [9.17, 15) is 18.8 Å². The Morgan fingerprint density at radius 2 is 1.75 bits per heavy atom. The molecule has 4 amide bonds. The minimum absolute atomic E-state index is 0.114. The Morgan fingerprint density at radius 3 is 2.36 bits per heavy atom. The number of piperidine rings is 2. The van der Waals surface area contributed by atoms with Gasteiger partial charge in [-0.15, -0.1) is 0 Å². The van der Waals surface area contributed by atoms with Crippen molar-refractivity contribution in [2.45, 2.75) is 70.1 Å². The van der Waals surface area contributed by atoms with Crippen molar-refractivity contribution < 1.29 is 28.2 Å². The highest BCUT2D eigenvalue weighted by Crippen LogP contribution is 2.44. The second-order valence-corrected chi connectivity index (χ2v) is 11.0. The van der Waals surface area contributed by atoms with Gasteiger partial charge in [0.05, 0.1) is 6.04 Å². The van der Waals surface area contributed by atoms with Crippen molar-refractivity contribution in [1.29, 1.82) is 0 Å². The number of carbonyl (C=O) groups is 3. The summed E-state index contributed by atoms with van der Waals surface area (Å²) in [7, 11) is 1.54. The normalized spacial score (nSPS) is 21.9. The smallest absolute Gasteiger partial charge is 0.410 e. The van der Waals surface area contributed by atoms with E-state index >= 15 is 0 Å². The van der Waals surface area contributed by atoms with Crippen molar-refractivity contribution in [3.63, 3.8) is 0 Å². The number of fused-ring (bicyclic) bond motifs is 1. The maximum atomic E-state index is 13.9. The molecule has 2 saturated heterocycles. The first-order valence-electron chi connectivity index (χ1n) is 12.7. The molecule has 4 rings (SSSR count). The number of carbonyl (C=O) groups excluding carboxylic acids is 3. The average Bonchev–Trinajstić information content (AvgIpc) is 2.83. The number of benzene rings is 1. The Kier molecular flexibility index (Phi) is 7.33. The van der Waals surface area contributed by atoms with Gasteiger partial charge in [-0.3, -0.25) is 4.79 Å². The molecule has 0 radical (unpaired) electrons. The Hall–Kier alpha value is -3.04. The molecule has 1 atom stereocenters. The third kappa shape index (κ3) is 5.84. The summed E-state index contributed by atoms with van der Waals surface area (Å²) in [5, 5.41) is 5.48. The largest absolute Gasteiger partial charge is 0.487 e. The zero-order valence-electron chi connectivity index (χ0n) is 21.6. The van der Waals surface area contributed by atoms with Crippen LogP contribution in [0.15, 0.2) is 18.2 Å². The van der Waals surface area contributed by atoms with Crippen molar-refractivity contribution in [1.82, 2.24) is 20.4 Å². The van der Waals surface area contributed by atoms with Crippen molar-refractivity contribution in [3.8, 4) is 5.75 Å². The van der Waals surface area contributed by atoms with Gasteiger partial charge in [0, 0.05) is 64.0 Å². The van der Waals surface area contributed by atoms with Crippen LogP contribution in [0, 0.1) is 11.7 Å². The molecule has 36 heavy (non-hydrogen) atoms. The topological polar surface area (TPSA) is 100 Å². The molecular weight excluding hydrogens is 467 g/mol. The summed E-state index contributed by atoms with van der Waals surface area (Å²) in [6.45, 7) is 7.64. The number of ether oxygens (including phenoxy) is 2. The molecular formula is C26H37FN4O5. The predicted octanol–water partition coefficient (Wildman–Crippen LogP) is 3.59. The van der Waals surface area contributed by atoms with Crippen molar-refractivity contribution >= 4 is 18.0 Å². The predicted molar refractivity (Wildman–Crippen MR) is 131 cm³/mol. The number of likely N-dealkylation sites (tertiary alicyclic amines) is 2. The van der Waals surface area contributed by atoms with Gasteiger partial charge in [0.25, 0.3) is 0 Å². The van der Waals surface area contributed by atoms with Gasteiger partial charge in [0.15, 0.2) is 0 Å². The fraction of sp³-hybridized carbons (Fsp3) is 0.654. The van der Waals surface area contributed by atoms with Crippen LogP contribution in [0.5, 0.6) is 5.75 Å². The summed E-state index contributed by atoms with van der Waals surface area (Å²) in [6, 6.07) is 3.66. The number of rotatable bonds is 2. The fourth-order valence-electron chi connectivity index (χ4n) is 5.34. The molecule has 0 aromatic heterocycles. The highest BCUT2D eigenvalue weighted by molar-refractivity contribution is 5.79. The summed E-state index contributed by atoms with van der Waals surface area (Å²) >= 11 is 0. The molecule has 0 bridgehead atoms. The van der Waals surface area contributed by atoms with Crippen LogP contribution >= 0.6 is 0 Å². The number of urea groups is 1. The van der Waals surface area contributed by atoms with Crippen LogP contribution in [0.1, 0.15) is 64.5 Å². The van der Waals surface area contributed by atoms with Crippen LogP contribution in [0.25, 0.3) is 0 Å². The van der Waals surface area contributed by atoms with Gasteiger partial charge in [-0.25, -0.2) is 14.0 Å². The minimum Gasteiger partial charge on any atom is -0.487 e. The Balaban J connectivity index is 1.35. The van der Waals surface area contributed by atoms with Crippen LogP contribution in [0.3, 0.4) is 0 Å². The fourth-order valence-corrected chi connectivity index (χ4v) is 5.34. The summed E-state index contributed by atoms with van der Waals surface area (Å²) in [6.07, 6.45) is 2.66. The molecule has 0 saturated carbocycles. The molecule has 3 heterocycles. The van der Waals surface area contributed by atoms with E-state index in [1.165, 1.54) is 12.1 Å². The molecule has 9 nitrogen and oxygen atoms in total. The Labute approximate surface area is 211 Å². The van der Waals surface area contributed by atoms with Crippen LogP contribution in [0.2, 0.25) is 0 Å². The van der Waals surface area contributed by atoms with E-state index in [1.807, 2.05) is 25.7 Å². The number of hydrogen-bond acceptors (Lipinski definition) is 5. The number of nitrogens with one attached hydrogen (secondary N) is 2. The third-order valence-corrected chi connectivity index (χ3v) is 7.26. The molecule has 0 aliphatic carbocycles. The molecule has 3 aliphatic rings. The van der Waals surface area contributed by atoms with Crippen LogP contribution < -0.4 is 15.4 Å². The first kappa shape index (κ1) is 26.0. The van der Waals surface area contributed by atoms with Gasteiger partial charge >= 0.3 is 12.1 Å². The summed E-state index contributed by atoms with van der Waals surface area (Å²) in [5.41, 5.74) is -0.453. The van der Waals surface area contributed by atoms with E-state index in [-0.39, 0.29) is 35.8 Å². The second kappa shape index (κ2) is 10.1. The maximum Gasteiger partial charge on any atom is 0.410 e. The van der Waals surface area contributed by atoms with Gasteiger partial charge in [0.2, 0.25) is 5.91 Å². The third-order valence-electron chi connectivity index (χ3n) is 7.26. The minimum atomic E-state index is -0.543. The SMILES string of the molecule is CNC(=O)NC1CC2(CCN(C(=O)C3CCN(C(=O)OC(C)(C)C)CC3)CC2)Oc2ccc(F)cc21. The van der Waals surface area contributed by atoms with Crippen molar-refractivity contribution in [2.24, 2.45) is 5.92 Å². The molecule has 1 spiro atoms. The van der Waals surface area contributed by atoms with E-state index in [1.54, 1.807) is 18.0 Å². The number of nitrogens with zero attached hydrogens (tertiary/aromatic N) is 2. The van der Waals surface area contributed by atoms with Crippen LogP contribution in [-0.2, 0) is 9.53 Å². The lowest BCUT2D eigenvalue weighted by Crippen LogP contribution is -2.55. The van der Waals surface area contributed by atoms with Crippen LogP contribution in [0.4, 0.5) is 14.0 Å². The zero-order chi connectivity index (χ0) is 26.1. The highest BCUT2D eigenvalue weighted by Gasteiger charge is 2.45. The molecule has 2 N–H and O–H groups in total. The average molecular weight is 505 g/mol. The monoisotopic (exact) mass is 504 g/mol. The van der Waals surface area contributed by atoms with Gasteiger partial charge in [-0.2, -0.15) is 0 Å². The molecule has 1 aromatic carbocycles. The standard InChI is InChI=1S/C26H37FN4O5/c1-25(2,3)36-24(34)31-11-7-17(8-12-31)22(32)30-13-9-26(10-14-30)16-20(29-23(33)28-4)19-15-18(27)5-6-21(19)35-26/h5-6,15,17,20H,7-14,16H2,1-4H3,(H2,28,29,33). The molecule has 1 aromatic rings. The summed E-state index contributed by atoms with van der Waals surface area (Å²) in [4.78, 5) is 41.2. The number of amides is 4. The molecule has 2 fully saturated rings. The van der Waals surface area contributed by atoms with Gasteiger partial charge < -0.3 is 29.9 Å². The molecule has 3 aliphatic heterocycles. The Morgan fingerprint density at radius 1 is 1.08 bits per heavy atom. The Bertz CT molecular complexity index is 995. The van der Waals surface area contributed by atoms with E-state index in [0.29, 0.717) is 69.6 Å². The van der Waals surface area contributed by atoms with Gasteiger partial charge in [0.1, 0.15) is 22.8 Å². The van der Waals surface area contributed by atoms with Crippen LogP contribution in [-0.4, -0.2) is 72.3 Å². The molecule has 10 heteroatoms. The van der Waals surface area contributed by atoms with Gasteiger partial charge in [-0.05, 0) is 51.8 Å². The first-order valence-corrected chi connectivity index (χ1v) is 12.7. The zero-order valence-corrected chi connectivity index (χ0v) is 21.6. The highest BCUT2D eigenvalue weighted by atomic mass is 19.1. The number of halogens is 1. The van der Waals surface area contributed by atoms with Crippen molar-refractivity contribution in [3.05, 3.63) is 29.6 Å². The molecule has 198 valence electrons. The molecule has 1 unspecified atom stereocenters. The van der Waals surface area contributed by atoms with E-state index < -0.39 is 11.2 Å².